The van der Waals surface area contributed by atoms with E-state index >= 15 is 0 Å². The third-order valence-electron chi connectivity index (χ3n) is 1.35. The van der Waals surface area contributed by atoms with Crippen LogP contribution in [0.1, 0.15) is 6.92 Å². The molecular weight excluding hydrogens is 190 g/mol. The maximum Gasteiger partial charge on any atom is 0.227 e. The quantitative estimate of drug-likeness (QED) is 0.579. The van der Waals surface area contributed by atoms with Gasteiger partial charge in [0.15, 0.2) is 5.25 Å². The summed E-state index contributed by atoms with van der Waals surface area (Å²) in [5.41, 5.74) is 5.15. The van der Waals surface area contributed by atoms with Crippen molar-refractivity contribution < 1.29 is 8.42 Å². The third kappa shape index (κ3) is 4.62. The molecule has 0 bridgehead atoms. The molecule has 0 amide bonds. The molecule has 0 radical (unpaired) electrons. The van der Waals surface area contributed by atoms with Gasteiger partial charge in [0.2, 0.25) is 10.0 Å². The van der Waals surface area contributed by atoms with Gasteiger partial charge in [0.1, 0.15) is 0 Å². The van der Waals surface area contributed by atoms with Gasteiger partial charge in [-0.1, -0.05) is 12.2 Å². The van der Waals surface area contributed by atoms with Gasteiger partial charge in [0.25, 0.3) is 0 Å². The summed E-state index contributed by atoms with van der Waals surface area (Å²) in [6.07, 6.45) is 3.24. The summed E-state index contributed by atoms with van der Waals surface area (Å²) in [6, 6.07) is 1.65. The van der Waals surface area contributed by atoms with E-state index in [0.717, 1.165) is 0 Å². The molecule has 1 unspecified atom stereocenters. The Kier molecular flexibility index (Phi) is 5.30. The molecule has 5 nitrogen and oxygen atoms in total. The summed E-state index contributed by atoms with van der Waals surface area (Å²) in [5.74, 6) is 0. The van der Waals surface area contributed by atoms with Gasteiger partial charge < -0.3 is 5.73 Å². The first-order chi connectivity index (χ1) is 6.04. The topological polar surface area (TPSA) is 96.0 Å². The van der Waals surface area contributed by atoms with Crippen LogP contribution in [0.5, 0.6) is 0 Å². The van der Waals surface area contributed by atoms with Gasteiger partial charge in [-0.3, -0.25) is 0 Å². The largest absolute Gasteiger partial charge is 0.327 e. The minimum atomic E-state index is -3.49. The molecular formula is C7H13N3O2S. The van der Waals surface area contributed by atoms with Crippen molar-refractivity contribution in [3.05, 3.63) is 12.2 Å². The van der Waals surface area contributed by atoms with Crippen molar-refractivity contribution in [1.82, 2.24) is 4.72 Å². The van der Waals surface area contributed by atoms with Gasteiger partial charge in [0, 0.05) is 13.1 Å². The molecule has 0 rings (SSSR count). The molecule has 0 fully saturated rings. The number of nitrogens with one attached hydrogen (secondary N) is 1. The first-order valence-corrected chi connectivity index (χ1v) is 5.32. The summed E-state index contributed by atoms with van der Waals surface area (Å²) >= 11 is 0. The van der Waals surface area contributed by atoms with Crippen LogP contribution >= 0.6 is 0 Å². The number of nitrogens with zero attached hydrogens (tertiary/aromatic N) is 1. The fourth-order valence-electron chi connectivity index (χ4n) is 0.538. The van der Waals surface area contributed by atoms with E-state index in [1.165, 1.54) is 6.92 Å². The van der Waals surface area contributed by atoms with Gasteiger partial charge in [-0.2, -0.15) is 5.26 Å². The standard InChI is InChI=1S/C7H13N3O2S/c1-7(6-9)13(11,12)10-5-3-2-4-8/h2-3,7,10H,4-5,8H2,1H3/b3-2+. The number of rotatable bonds is 5. The molecule has 6 heteroatoms. The van der Waals surface area contributed by atoms with E-state index in [0.29, 0.717) is 6.54 Å². The second-order valence-corrected chi connectivity index (χ2v) is 4.46. The highest BCUT2D eigenvalue weighted by Crippen LogP contribution is 1.94. The zero-order chi connectivity index (χ0) is 10.3. The predicted molar refractivity (Wildman–Crippen MR) is 50.2 cm³/mol. The van der Waals surface area contributed by atoms with E-state index in [1.807, 2.05) is 0 Å². The van der Waals surface area contributed by atoms with Crippen LogP contribution in [0.4, 0.5) is 0 Å². The Labute approximate surface area is 78.3 Å². The molecule has 3 N–H and O–H groups in total. The summed E-state index contributed by atoms with van der Waals surface area (Å²) in [6.45, 7) is 1.87. The van der Waals surface area contributed by atoms with E-state index in [-0.39, 0.29) is 6.54 Å². The molecule has 0 aliphatic carbocycles. The third-order valence-corrected chi connectivity index (χ3v) is 2.96. The summed E-state index contributed by atoms with van der Waals surface area (Å²) in [7, 11) is -3.49. The molecule has 0 aromatic carbocycles. The minimum absolute atomic E-state index is 0.172. The first-order valence-electron chi connectivity index (χ1n) is 3.77. The van der Waals surface area contributed by atoms with Crippen molar-refractivity contribution in [3.63, 3.8) is 0 Å². The maximum atomic E-state index is 11.1. The van der Waals surface area contributed by atoms with Crippen molar-refractivity contribution in [1.29, 1.82) is 5.26 Å². The molecule has 13 heavy (non-hydrogen) atoms. The fraction of sp³-hybridized carbons (Fsp3) is 0.571. The predicted octanol–water partition coefficient (Wildman–Crippen LogP) is -0.667. The van der Waals surface area contributed by atoms with Crippen LogP contribution in [0, 0.1) is 11.3 Å². The number of hydrogen-bond acceptors (Lipinski definition) is 4. The Morgan fingerprint density at radius 2 is 2.23 bits per heavy atom. The number of hydrogen-bond donors (Lipinski definition) is 2. The van der Waals surface area contributed by atoms with Gasteiger partial charge in [-0.25, -0.2) is 13.1 Å². The highest BCUT2D eigenvalue weighted by Gasteiger charge is 2.18. The molecule has 0 aromatic rings. The average molecular weight is 203 g/mol. The molecule has 0 saturated heterocycles. The minimum Gasteiger partial charge on any atom is -0.327 e. The lowest BCUT2D eigenvalue weighted by Crippen LogP contribution is -2.31. The zero-order valence-corrected chi connectivity index (χ0v) is 8.21. The molecule has 0 heterocycles. The van der Waals surface area contributed by atoms with Gasteiger partial charge in [0.05, 0.1) is 6.07 Å². The SMILES string of the molecule is CC(C#N)S(=O)(=O)NC/C=C/CN. The van der Waals surface area contributed by atoms with Crippen LogP contribution < -0.4 is 10.5 Å². The van der Waals surface area contributed by atoms with Crippen molar-refractivity contribution in [2.75, 3.05) is 13.1 Å². The van der Waals surface area contributed by atoms with Crippen molar-refractivity contribution in [2.24, 2.45) is 5.73 Å². The van der Waals surface area contributed by atoms with Crippen molar-refractivity contribution >= 4 is 10.0 Å². The van der Waals surface area contributed by atoms with Gasteiger partial charge >= 0.3 is 0 Å². The first kappa shape index (κ1) is 12.1. The van der Waals surface area contributed by atoms with Crippen molar-refractivity contribution in [2.45, 2.75) is 12.2 Å². The highest BCUT2D eigenvalue weighted by molar-refractivity contribution is 7.90. The Morgan fingerprint density at radius 1 is 1.62 bits per heavy atom. The maximum absolute atomic E-state index is 11.1. The van der Waals surface area contributed by atoms with Gasteiger partial charge in [-0.05, 0) is 6.92 Å². The molecule has 0 aliphatic rings. The Balaban J connectivity index is 4.07. The lowest BCUT2D eigenvalue weighted by molar-refractivity contribution is 0.581. The molecule has 0 spiro atoms. The lowest BCUT2D eigenvalue weighted by Gasteiger charge is -2.04. The summed E-state index contributed by atoms with van der Waals surface area (Å²) < 4.78 is 24.5. The molecule has 0 saturated carbocycles. The summed E-state index contributed by atoms with van der Waals surface area (Å²) in [5, 5.41) is 7.34. The number of nitrogens with two attached hydrogens (primary N) is 1. The van der Waals surface area contributed by atoms with E-state index in [9.17, 15) is 8.42 Å². The van der Waals surface area contributed by atoms with Crippen LogP contribution in [0.3, 0.4) is 0 Å². The van der Waals surface area contributed by atoms with Crippen molar-refractivity contribution in [3.8, 4) is 6.07 Å². The van der Waals surface area contributed by atoms with Crippen LogP contribution in [-0.2, 0) is 10.0 Å². The molecule has 0 aromatic heterocycles. The number of sulfonamides is 1. The Bertz CT molecular complexity index is 302. The fourth-order valence-corrected chi connectivity index (χ4v) is 1.26. The van der Waals surface area contributed by atoms with Gasteiger partial charge in [-0.15, -0.1) is 0 Å². The monoisotopic (exact) mass is 203 g/mol. The second kappa shape index (κ2) is 5.70. The zero-order valence-electron chi connectivity index (χ0n) is 7.40. The van der Waals surface area contributed by atoms with Crippen LogP contribution in [-0.4, -0.2) is 26.8 Å². The molecule has 0 aliphatic heterocycles. The molecule has 74 valence electrons. The highest BCUT2D eigenvalue weighted by atomic mass is 32.2. The van der Waals surface area contributed by atoms with E-state index in [1.54, 1.807) is 18.2 Å². The molecule has 1 atom stereocenters. The Morgan fingerprint density at radius 3 is 2.69 bits per heavy atom. The summed E-state index contributed by atoms with van der Waals surface area (Å²) in [4.78, 5) is 0. The smallest absolute Gasteiger partial charge is 0.227 e. The Hall–Kier alpha value is -0.900. The normalized spacial score (nSPS) is 14.2. The lowest BCUT2D eigenvalue weighted by atomic mass is 10.5. The second-order valence-electron chi connectivity index (χ2n) is 2.37. The van der Waals surface area contributed by atoms with E-state index < -0.39 is 15.3 Å². The van der Waals surface area contributed by atoms with Crippen LogP contribution in [0.15, 0.2) is 12.2 Å². The van der Waals surface area contributed by atoms with E-state index in [4.69, 9.17) is 11.0 Å². The van der Waals surface area contributed by atoms with Crippen LogP contribution in [0.2, 0.25) is 0 Å². The van der Waals surface area contributed by atoms with E-state index in [2.05, 4.69) is 4.72 Å². The van der Waals surface area contributed by atoms with Crippen LogP contribution in [0.25, 0.3) is 0 Å². The number of nitriles is 1. The average Bonchev–Trinajstić information content (AvgIpc) is 2.11.